The number of benzene rings is 1. The van der Waals surface area contributed by atoms with Crippen LogP contribution in [0.25, 0.3) is 0 Å². The molecule has 1 amide bonds. The van der Waals surface area contributed by atoms with Gasteiger partial charge < -0.3 is 5.73 Å². The summed E-state index contributed by atoms with van der Waals surface area (Å²) in [5.41, 5.74) is 5.82. The highest BCUT2D eigenvalue weighted by Crippen LogP contribution is 2.25. The molecule has 0 saturated heterocycles. The molecule has 1 aromatic rings. The summed E-state index contributed by atoms with van der Waals surface area (Å²) in [4.78, 5) is 22.7. The number of hydrogen-bond donors (Lipinski definition) is 1. The zero-order valence-electron chi connectivity index (χ0n) is 9.22. The Balaban J connectivity index is 2.82. The highest BCUT2D eigenvalue weighted by Gasteiger charge is 2.13. The lowest BCUT2D eigenvalue weighted by Gasteiger charge is -2.14. The van der Waals surface area contributed by atoms with Gasteiger partial charge in [-0.1, -0.05) is 6.07 Å². The lowest BCUT2D eigenvalue weighted by atomic mass is 10.2. The van der Waals surface area contributed by atoms with Crippen molar-refractivity contribution in [2.75, 3.05) is 13.6 Å². The van der Waals surface area contributed by atoms with Crippen molar-refractivity contribution in [1.29, 1.82) is 0 Å². The molecule has 0 aliphatic heterocycles. The highest BCUT2D eigenvalue weighted by molar-refractivity contribution is 9.10. The summed E-state index contributed by atoms with van der Waals surface area (Å²) in [6, 6.07) is 4.85. The number of carbonyl (C=O) groups is 1. The van der Waals surface area contributed by atoms with Gasteiger partial charge in [0.1, 0.15) is 0 Å². The van der Waals surface area contributed by atoms with Crippen LogP contribution in [0.2, 0.25) is 0 Å². The third-order valence-electron chi connectivity index (χ3n) is 2.09. The first-order chi connectivity index (χ1) is 7.90. The molecular formula is C10H12BrN3O3. The van der Waals surface area contributed by atoms with Gasteiger partial charge in [0, 0.05) is 12.6 Å². The van der Waals surface area contributed by atoms with Crippen LogP contribution >= 0.6 is 15.9 Å². The molecule has 0 aromatic heterocycles. The van der Waals surface area contributed by atoms with E-state index in [-0.39, 0.29) is 12.2 Å². The molecule has 0 aliphatic carbocycles. The average Bonchev–Trinajstić information content (AvgIpc) is 2.19. The van der Waals surface area contributed by atoms with Crippen molar-refractivity contribution in [3.05, 3.63) is 38.3 Å². The summed E-state index contributed by atoms with van der Waals surface area (Å²) in [7, 11) is 1.72. The molecule has 1 rings (SSSR count). The Morgan fingerprint density at radius 2 is 2.24 bits per heavy atom. The second-order valence-corrected chi connectivity index (χ2v) is 4.54. The number of nitro groups is 1. The predicted molar refractivity (Wildman–Crippen MR) is 66.3 cm³/mol. The van der Waals surface area contributed by atoms with Gasteiger partial charge in [0.05, 0.1) is 15.9 Å². The Morgan fingerprint density at radius 3 is 2.76 bits per heavy atom. The number of primary amides is 1. The lowest BCUT2D eigenvalue weighted by molar-refractivity contribution is -0.385. The molecule has 0 atom stereocenters. The van der Waals surface area contributed by atoms with E-state index in [1.807, 2.05) is 0 Å². The smallest absolute Gasteiger partial charge is 0.283 e. The molecule has 17 heavy (non-hydrogen) atoms. The highest BCUT2D eigenvalue weighted by atomic mass is 79.9. The van der Waals surface area contributed by atoms with Crippen molar-refractivity contribution < 1.29 is 9.72 Å². The van der Waals surface area contributed by atoms with Gasteiger partial charge in [0.15, 0.2) is 0 Å². The molecule has 92 valence electrons. The number of likely N-dealkylation sites (N-methyl/N-ethyl adjacent to an activating group) is 1. The summed E-state index contributed by atoms with van der Waals surface area (Å²) in [6.45, 7) is 0.543. The summed E-state index contributed by atoms with van der Waals surface area (Å²) in [5.74, 6) is -0.431. The predicted octanol–water partition coefficient (Wildman–Crippen LogP) is 1.27. The number of rotatable bonds is 5. The van der Waals surface area contributed by atoms with E-state index < -0.39 is 10.8 Å². The second kappa shape index (κ2) is 5.74. The Kier molecular flexibility index (Phi) is 4.59. The summed E-state index contributed by atoms with van der Waals surface area (Å²) < 4.78 is 0.434. The molecule has 0 aliphatic rings. The van der Waals surface area contributed by atoms with E-state index in [1.54, 1.807) is 24.1 Å². The van der Waals surface area contributed by atoms with E-state index in [2.05, 4.69) is 15.9 Å². The molecule has 1 aromatic carbocycles. The number of nitrogens with two attached hydrogens (primary N) is 1. The van der Waals surface area contributed by atoms with Crippen LogP contribution in [0.1, 0.15) is 5.56 Å². The maximum Gasteiger partial charge on any atom is 0.283 e. The second-order valence-electron chi connectivity index (χ2n) is 3.68. The van der Waals surface area contributed by atoms with E-state index in [0.29, 0.717) is 11.0 Å². The van der Waals surface area contributed by atoms with Gasteiger partial charge in [0.2, 0.25) is 5.91 Å². The Bertz CT molecular complexity index is 450. The SMILES string of the molecule is CN(CC(N)=O)Cc1ccc(Br)c([N+](=O)[O-])c1. The molecule has 0 fully saturated rings. The van der Waals surface area contributed by atoms with Crippen molar-refractivity contribution in [2.24, 2.45) is 5.73 Å². The van der Waals surface area contributed by atoms with Crippen LogP contribution in [0.4, 0.5) is 5.69 Å². The molecule has 0 saturated carbocycles. The maximum absolute atomic E-state index is 10.7. The molecular weight excluding hydrogens is 290 g/mol. The monoisotopic (exact) mass is 301 g/mol. The fourth-order valence-corrected chi connectivity index (χ4v) is 1.82. The fourth-order valence-electron chi connectivity index (χ4n) is 1.43. The number of nitrogens with zero attached hydrogens (tertiary/aromatic N) is 2. The molecule has 2 N–H and O–H groups in total. The van der Waals surface area contributed by atoms with Gasteiger partial charge >= 0.3 is 0 Å². The Morgan fingerprint density at radius 1 is 1.59 bits per heavy atom. The number of halogens is 1. The third-order valence-corrected chi connectivity index (χ3v) is 2.76. The molecule has 0 unspecified atom stereocenters. The topological polar surface area (TPSA) is 89.5 Å². The summed E-state index contributed by atoms with van der Waals surface area (Å²) >= 11 is 3.11. The minimum absolute atomic E-state index is 0.00924. The Labute approximate surface area is 107 Å². The molecule has 0 heterocycles. The van der Waals surface area contributed by atoms with Crippen LogP contribution < -0.4 is 5.73 Å². The fraction of sp³-hybridized carbons (Fsp3) is 0.300. The van der Waals surface area contributed by atoms with Gasteiger partial charge in [-0.3, -0.25) is 19.8 Å². The number of nitro benzene ring substituents is 1. The van der Waals surface area contributed by atoms with Crippen molar-refractivity contribution in [1.82, 2.24) is 4.90 Å². The van der Waals surface area contributed by atoms with Gasteiger partial charge in [-0.15, -0.1) is 0 Å². The summed E-state index contributed by atoms with van der Waals surface area (Å²) in [6.07, 6.45) is 0. The minimum Gasteiger partial charge on any atom is -0.369 e. The quantitative estimate of drug-likeness (QED) is 0.655. The van der Waals surface area contributed by atoms with Crippen LogP contribution in [0, 0.1) is 10.1 Å². The van der Waals surface area contributed by atoms with Crippen molar-refractivity contribution in [2.45, 2.75) is 6.54 Å². The van der Waals surface area contributed by atoms with Crippen molar-refractivity contribution in [3.63, 3.8) is 0 Å². The molecule has 6 nitrogen and oxygen atoms in total. The minimum atomic E-state index is -0.457. The zero-order chi connectivity index (χ0) is 13.0. The van der Waals surface area contributed by atoms with Gasteiger partial charge in [-0.2, -0.15) is 0 Å². The maximum atomic E-state index is 10.7. The number of carbonyl (C=O) groups excluding carboxylic acids is 1. The first kappa shape index (κ1) is 13.6. The zero-order valence-corrected chi connectivity index (χ0v) is 10.8. The van der Waals surface area contributed by atoms with Gasteiger partial charge in [-0.25, -0.2) is 0 Å². The van der Waals surface area contributed by atoms with Crippen molar-refractivity contribution >= 4 is 27.5 Å². The van der Waals surface area contributed by atoms with E-state index in [9.17, 15) is 14.9 Å². The largest absolute Gasteiger partial charge is 0.369 e. The first-order valence-corrected chi connectivity index (χ1v) is 5.59. The van der Waals surface area contributed by atoms with E-state index in [1.165, 1.54) is 6.07 Å². The average molecular weight is 302 g/mol. The van der Waals surface area contributed by atoms with Crippen LogP contribution in [0.5, 0.6) is 0 Å². The van der Waals surface area contributed by atoms with E-state index in [0.717, 1.165) is 5.56 Å². The molecule has 0 spiro atoms. The normalized spacial score (nSPS) is 10.5. The van der Waals surface area contributed by atoms with E-state index >= 15 is 0 Å². The van der Waals surface area contributed by atoms with Crippen LogP contribution in [0.3, 0.4) is 0 Å². The standard InChI is InChI=1S/C10H12BrN3O3/c1-13(6-10(12)15)5-7-2-3-8(11)9(4-7)14(16)17/h2-4H,5-6H2,1H3,(H2,12,15). The third kappa shape index (κ3) is 4.12. The number of amides is 1. The molecule has 7 heteroatoms. The van der Waals surface area contributed by atoms with Crippen LogP contribution in [-0.2, 0) is 11.3 Å². The molecule has 0 bridgehead atoms. The Hall–Kier alpha value is -1.47. The van der Waals surface area contributed by atoms with Gasteiger partial charge in [-0.05, 0) is 34.6 Å². The van der Waals surface area contributed by atoms with E-state index in [4.69, 9.17) is 5.73 Å². The van der Waals surface area contributed by atoms with Crippen LogP contribution in [0.15, 0.2) is 22.7 Å². The van der Waals surface area contributed by atoms with Crippen LogP contribution in [-0.4, -0.2) is 29.3 Å². The molecule has 0 radical (unpaired) electrons. The first-order valence-electron chi connectivity index (χ1n) is 4.80. The lowest BCUT2D eigenvalue weighted by Crippen LogP contribution is -2.30. The number of hydrogen-bond acceptors (Lipinski definition) is 4. The summed E-state index contributed by atoms with van der Waals surface area (Å²) in [5, 5.41) is 10.7. The van der Waals surface area contributed by atoms with Crippen molar-refractivity contribution in [3.8, 4) is 0 Å². The van der Waals surface area contributed by atoms with Gasteiger partial charge in [0.25, 0.3) is 5.69 Å².